The second-order valence-corrected chi connectivity index (χ2v) is 8.47. The molecule has 0 bridgehead atoms. The Hall–Kier alpha value is -1.52. The van der Waals surface area contributed by atoms with Crippen molar-refractivity contribution in [2.24, 2.45) is 0 Å². The maximum Gasteiger partial charge on any atom is 0.322 e. The van der Waals surface area contributed by atoms with Crippen LogP contribution in [0.5, 0.6) is 0 Å². The summed E-state index contributed by atoms with van der Waals surface area (Å²) < 4.78 is 31.0. The van der Waals surface area contributed by atoms with E-state index < -0.39 is 32.0 Å². The summed E-state index contributed by atoms with van der Waals surface area (Å²) >= 11 is 0. The van der Waals surface area contributed by atoms with Crippen LogP contribution in [0.3, 0.4) is 0 Å². The zero-order valence-corrected chi connectivity index (χ0v) is 12.0. The van der Waals surface area contributed by atoms with E-state index in [0.717, 1.165) is 0 Å². The molecule has 0 amide bonds. The molecule has 3 saturated heterocycles. The summed E-state index contributed by atoms with van der Waals surface area (Å²) in [7, 11) is -3.66. The van der Waals surface area contributed by atoms with Crippen LogP contribution in [0, 0.1) is 0 Å². The Kier molecular flexibility index (Phi) is 2.39. The highest BCUT2D eigenvalue weighted by Crippen LogP contribution is 2.53. The number of carboxylic acids is 1. The highest BCUT2D eigenvalue weighted by molar-refractivity contribution is 7.93. The number of nitrogens with zero attached hydrogens (tertiary/aromatic N) is 4. The fourth-order valence-electron chi connectivity index (χ4n) is 3.64. The van der Waals surface area contributed by atoms with Gasteiger partial charge in [0.25, 0.3) is 0 Å². The molecule has 5 atom stereocenters. The van der Waals surface area contributed by atoms with Crippen LogP contribution in [-0.2, 0) is 25.9 Å². The number of aliphatic carboxylic acids is 1. The van der Waals surface area contributed by atoms with Gasteiger partial charge in [0, 0.05) is 12.6 Å². The van der Waals surface area contributed by atoms with Crippen molar-refractivity contribution in [3.63, 3.8) is 0 Å². The Morgan fingerprint density at radius 3 is 2.95 bits per heavy atom. The van der Waals surface area contributed by atoms with Crippen LogP contribution in [0.25, 0.3) is 0 Å². The lowest BCUT2D eigenvalue weighted by Crippen LogP contribution is -2.53. The molecule has 1 aromatic rings. The minimum atomic E-state index is -3.66. The fraction of sp³-hybridized carbons (Fsp3) is 0.727. The summed E-state index contributed by atoms with van der Waals surface area (Å²) in [6.07, 6.45) is 2.76. The van der Waals surface area contributed by atoms with Gasteiger partial charge in [-0.15, -0.1) is 5.10 Å². The van der Waals surface area contributed by atoms with Gasteiger partial charge in [-0.3, -0.25) is 9.48 Å². The summed E-state index contributed by atoms with van der Waals surface area (Å²) in [5.41, 5.74) is 0. The van der Waals surface area contributed by atoms with Crippen molar-refractivity contribution in [1.29, 1.82) is 0 Å². The Balaban J connectivity index is 1.81. The molecule has 3 aliphatic rings. The molecule has 0 saturated carbocycles. The van der Waals surface area contributed by atoms with Gasteiger partial charge >= 0.3 is 5.97 Å². The summed E-state index contributed by atoms with van der Waals surface area (Å²) in [6.45, 7) is 1.43. The van der Waals surface area contributed by atoms with Gasteiger partial charge in [0.1, 0.15) is 28.5 Å². The van der Waals surface area contributed by atoms with Gasteiger partial charge in [-0.25, -0.2) is 13.3 Å². The van der Waals surface area contributed by atoms with E-state index in [2.05, 4.69) is 10.3 Å². The molecule has 0 aliphatic carbocycles. The monoisotopic (exact) mass is 314 g/mol. The van der Waals surface area contributed by atoms with Gasteiger partial charge in [-0.2, -0.15) is 0 Å². The SMILES string of the molecule is C[C@]1(Cn2ccnn2)[C@H](C(=O)O)N2C3OC3C[C@H]2S1(=O)=O. The Morgan fingerprint density at radius 1 is 1.57 bits per heavy atom. The predicted molar refractivity (Wildman–Crippen MR) is 67.7 cm³/mol. The molecule has 0 radical (unpaired) electrons. The average Bonchev–Trinajstić information content (AvgIpc) is 2.76. The maximum atomic E-state index is 12.9. The number of rotatable bonds is 3. The molecule has 1 N–H and O–H groups in total. The van der Waals surface area contributed by atoms with Crippen molar-refractivity contribution in [2.45, 2.75) is 48.4 Å². The second-order valence-electron chi connectivity index (χ2n) is 5.90. The van der Waals surface area contributed by atoms with Gasteiger partial charge in [-0.1, -0.05) is 5.21 Å². The topological polar surface area (TPSA) is 118 Å². The van der Waals surface area contributed by atoms with Crippen LogP contribution in [0.4, 0.5) is 0 Å². The highest BCUT2D eigenvalue weighted by atomic mass is 32.2. The van der Waals surface area contributed by atoms with Crippen LogP contribution in [0.15, 0.2) is 12.4 Å². The smallest absolute Gasteiger partial charge is 0.322 e. The average molecular weight is 314 g/mol. The van der Waals surface area contributed by atoms with Crippen molar-refractivity contribution < 1.29 is 23.1 Å². The molecule has 2 unspecified atom stereocenters. The zero-order valence-electron chi connectivity index (χ0n) is 11.2. The van der Waals surface area contributed by atoms with Crippen LogP contribution in [0.1, 0.15) is 13.3 Å². The van der Waals surface area contributed by atoms with E-state index in [4.69, 9.17) is 4.74 Å². The minimum absolute atomic E-state index is 0.0450. The molecule has 114 valence electrons. The number of sulfone groups is 1. The number of hydrogen-bond donors (Lipinski definition) is 1. The van der Waals surface area contributed by atoms with Gasteiger partial charge in [0.05, 0.1) is 12.7 Å². The summed E-state index contributed by atoms with van der Waals surface area (Å²) in [5, 5.41) is 16.2. The molecule has 4 heterocycles. The van der Waals surface area contributed by atoms with Crippen LogP contribution in [-0.4, -0.2) is 67.9 Å². The summed E-state index contributed by atoms with van der Waals surface area (Å²) in [6, 6.07) is -1.14. The van der Waals surface area contributed by atoms with Gasteiger partial charge in [-0.05, 0) is 6.92 Å². The van der Waals surface area contributed by atoms with Crippen LogP contribution in [0.2, 0.25) is 0 Å². The lowest BCUT2D eigenvalue weighted by Gasteiger charge is -2.29. The molecule has 1 aromatic heterocycles. The number of hydrogen-bond acceptors (Lipinski definition) is 7. The largest absolute Gasteiger partial charge is 0.480 e. The van der Waals surface area contributed by atoms with E-state index in [1.807, 2.05) is 0 Å². The standard InChI is InChI=1S/C11H14N4O5S/c1-11(5-14-3-2-12-13-14)8(10(16)17)15-7(21(11,18)19)4-6-9(15)20-6/h2-3,6-9H,4-5H2,1H3,(H,16,17)/t6?,7-,8+,9?,11+/m1/s1. The molecule has 9 nitrogen and oxygen atoms in total. The van der Waals surface area contributed by atoms with Gasteiger partial charge in [0.2, 0.25) is 0 Å². The zero-order chi connectivity index (χ0) is 15.0. The Morgan fingerprint density at radius 2 is 2.33 bits per heavy atom. The normalized spacial score (nSPS) is 43.5. The van der Waals surface area contributed by atoms with E-state index >= 15 is 0 Å². The molecule has 4 rings (SSSR count). The lowest BCUT2D eigenvalue weighted by atomic mass is 9.99. The first kappa shape index (κ1) is 13.2. The fourth-order valence-corrected chi connectivity index (χ4v) is 6.11. The van der Waals surface area contributed by atoms with Crippen LogP contribution >= 0.6 is 0 Å². The van der Waals surface area contributed by atoms with Gasteiger partial charge in [0.15, 0.2) is 9.84 Å². The van der Waals surface area contributed by atoms with Crippen molar-refractivity contribution in [3.05, 3.63) is 12.4 Å². The molecule has 3 aliphatic heterocycles. The third-order valence-corrected chi connectivity index (χ3v) is 7.49. The first-order chi connectivity index (χ1) is 9.86. The number of fused-ring (bicyclic) bond motifs is 3. The van der Waals surface area contributed by atoms with E-state index in [1.54, 1.807) is 0 Å². The predicted octanol–water partition coefficient (Wildman–Crippen LogP) is -1.32. The third kappa shape index (κ3) is 1.52. The van der Waals surface area contributed by atoms with E-state index in [-0.39, 0.29) is 18.9 Å². The maximum absolute atomic E-state index is 12.9. The number of carbonyl (C=O) groups is 1. The first-order valence-corrected chi connectivity index (χ1v) is 8.14. The Bertz CT molecular complexity index is 704. The molecule has 0 aromatic carbocycles. The molecule has 21 heavy (non-hydrogen) atoms. The molecule has 3 fully saturated rings. The molecule has 10 heteroatoms. The van der Waals surface area contributed by atoms with E-state index in [0.29, 0.717) is 6.42 Å². The van der Waals surface area contributed by atoms with Crippen molar-refractivity contribution in [1.82, 2.24) is 19.9 Å². The highest BCUT2D eigenvalue weighted by Gasteiger charge is 2.73. The molecule has 0 spiro atoms. The van der Waals surface area contributed by atoms with Crippen molar-refractivity contribution >= 4 is 15.8 Å². The number of ether oxygens (including phenoxy) is 1. The van der Waals surface area contributed by atoms with E-state index in [1.165, 1.54) is 28.9 Å². The van der Waals surface area contributed by atoms with Crippen LogP contribution < -0.4 is 0 Å². The molecular formula is C11H14N4O5S. The number of epoxide rings is 1. The second kappa shape index (κ2) is 3.81. The summed E-state index contributed by atoms with van der Waals surface area (Å²) in [5.74, 6) is -1.15. The lowest BCUT2D eigenvalue weighted by molar-refractivity contribution is -0.145. The number of aromatic nitrogens is 3. The first-order valence-electron chi connectivity index (χ1n) is 6.59. The van der Waals surface area contributed by atoms with Crippen molar-refractivity contribution in [3.8, 4) is 0 Å². The van der Waals surface area contributed by atoms with Crippen molar-refractivity contribution in [2.75, 3.05) is 0 Å². The third-order valence-electron chi connectivity index (χ3n) is 4.68. The minimum Gasteiger partial charge on any atom is -0.480 e. The van der Waals surface area contributed by atoms with E-state index in [9.17, 15) is 18.3 Å². The molecular weight excluding hydrogens is 300 g/mol. The quantitative estimate of drug-likeness (QED) is 0.682. The van der Waals surface area contributed by atoms with Gasteiger partial charge < -0.3 is 9.84 Å². The Labute approximate surface area is 120 Å². The summed E-state index contributed by atoms with van der Waals surface area (Å²) in [4.78, 5) is 13.2. The number of carboxylic acid groups (broad SMARTS) is 1.